The van der Waals surface area contributed by atoms with Crippen molar-refractivity contribution in [1.29, 1.82) is 0 Å². The Bertz CT molecular complexity index is 184. The Kier molecular flexibility index (Phi) is 2.57. The van der Waals surface area contributed by atoms with Crippen molar-refractivity contribution in [2.24, 2.45) is 11.3 Å². The highest BCUT2D eigenvalue weighted by molar-refractivity contribution is 5.81. The van der Waals surface area contributed by atoms with Crippen LogP contribution in [0.1, 0.15) is 40.0 Å². The standard InChI is InChI=1S/C10H18O2/c1-4-8(11)7-5-10(2,3)6-9(7)12/h7,9,12H,4-6H2,1-3H3/t7-,9+/m0/s1. The largest absolute Gasteiger partial charge is 0.392 e. The summed E-state index contributed by atoms with van der Waals surface area (Å²) in [4.78, 5) is 11.4. The Labute approximate surface area is 74.0 Å². The molecule has 1 fully saturated rings. The molecule has 0 aliphatic heterocycles. The lowest BCUT2D eigenvalue weighted by Crippen LogP contribution is -2.21. The van der Waals surface area contributed by atoms with Crippen molar-refractivity contribution in [2.45, 2.75) is 46.1 Å². The third-order valence-electron chi connectivity index (χ3n) is 2.76. The van der Waals surface area contributed by atoms with Crippen LogP contribution in [0.4, 0.5) is 0 Å². The molecule has 1 saturated carbocycles. The lowest BCUT2D eigenvalue weighted by Gasteiger charge is -2.15. The molecule has 0 unspecified atom stereocenters. The highest BCUT2D eigenvalue weighted by Crippen LogP contribution is 2.41. The molecule has 1 aliphatic rings. The minimum atomic E-state index is -0.396. The van der Waals surface area contributed by atoms with Gasteiger partial charge in [0.05, 0.1) is 6.10 Å². The van der Waals surface area contributed by atoms with Crippen molar-refractivity contribution in [2.75, 3.05) is 0 Å². The first-order chi connectivity index (χ1) is 5.46. The zero-order valence-corrected chi connectivity index (χ0v) is 8.13. The number of hydrogen-bond acceptors (Lipinski definition) is 2. The van der Waals surface area contributed by atoms with Gasteiger partial charge in [0.15, 0.2) is 0 Å². The van der Waals surface area contributed by atoms with E-state index >= 15 is 0 Å². The number of carbonyl (C=O) groups is 1. The molecular formula is C10H18O2. The topological polar surface area (TPSA) is 37.3 Å². The van der Waals surface area contributed by atoms with Crippen LogP contribution in [-0.4, -0.2) is 17.0 Å². The number of rotatable bonds is 2. The fourth-order valence-electron chi connectivity index (χ4n) is 2.11. The van der Waals surface area contributed by atoms with Gasteiger partial charge in [-0.25, -0.2) is 0 Å². The van der Waals surface area contributed by atoms with Gasteiger partial charge in [-0.3, -0.25) is 4.79 Å². The van der Waals surface area contributed by atoms with Crippen LogP contribution >= 0.6 is 0 Å². The first-order valence-electron chi connectivity index (χ1n) is 4.67. The summed E-state index contributed by atoms with van der Waals surface area (Å²) in [7, 11) is 0. The van der Waals surface area contributed by atoms with Gasteiger partial charge in [0.1, 0.15) is 5.78 Å². The van der Waals surface area contributed by atoms with E-state index in [1.54, 1.807) is 0 Å². The summed E-state index contributed by atoms with van der Waals surface area (Å²) in [6.07, 6.45) is 1.77. The molecule has 1 N–H and O–H groups in total. The molecule has 2 nitrogen and oxygen atoms in total. The third kappa shape index (κ3) is 1.86. The van der Waals surface area contributed by atoms with Crippen LogP contribution in [-0.2, 0) is 4.79 Å². The van der Waals surface area contributed by atoms with Crippen molar-refractivity contribution < 1.29 is 9.90 Å². The van der Waals surface area contributed by atoms with Gasteiger partial charge in [-0.05, 0) is 18.3 Å². The SMILES string of the molecule is CCC(=O)[C@@H]1CC(C)(C)C[C@H]1O. The molecule has 0 heterocycles. The van der Waals surface area contributed by atoms with Gasteiger partial charge < -0.3 is 5.11 Å². The summed E-state index contributed by atoms with van der Waals surface area (Å²) in [6, 6.07) is 0. The summed E-state index contributed by atoms with van der Waals surface area (Å²) in [6.45, 7) is 6.08. The molecule has 0 spiro atoms. The van der Waals surface area contributed by atoms with Gasteiger partial charge in [-0.1, -0.05) is 20.8 Å². The maximum Gasteiger partial charge on any atom is 0.138 e. The smallest absolute Gasteiger partial charge is 0.138 e. The molecular weight excluding hydrogens is 152 g/mol. The molecule has 12 heavy (non-hydrogen) atoms. The summed E-state index contributed by atoms with van der Waals surface area (Å²) < 4.78 is 0. The minimum absolute atomic E-state index is 0.0926. The van der Waals surface area contributed by atoms with E-state index in [1.807, 2.05) is 6.92 Å². The van der Waals surface area contributed by atoms with Crippen molar-refractivity contribution >= 4 is 5.78 Å². The molecule has 1 rings (SSSR count). The van der Waals surface area contributed by atoms with E-state index < -0.39 is 6.10 Å². The predicted octanol–water partition coefficient (Wildman–Crippen LogP) is 1.76. The first kappa shape index (κ1) is 9.72. The van der Waals surface area contributed by atoms with E-state index in [0.29, 0.717) is 6.42 Å². The lowest BCUT2D eigenvalue weighted by atomic mass is 9.89. The number of hydrogen-bond donors (Lipinski definition) is 1. The Balaban J connectivity index is 2.64. The Morgan fingerprint density at radius 3 is 2.42 bits per heavy atom. The average molecular weight is 170 g/mol. The van der Waals surface area contributed by atoms with Gasteiger partial charge in [0.25, 0.3) is 0 Å². The fraction of sp³-hybridized carbons (Fsp3) is 0.900. The molecule has 2 atom stereocenters. The zero-order valence-electron chi connectivity index (χ0n) is 8.13. The van der Waals surface area contributed by atoms with Gasteiger partial charge in [0.2, 0.25) is 0 Å². The van der Waals surface area contributed by atoms with Crippen LogP contribution in [0.5, 0.6) is 0 Å². The van der Waals surface area contributed by atoms with E-state index in [2.05, 4.69) is 13.8 Å². The Hall–Kier alpha value is -0.370. The minimum Gasteiger partial charge on any atom is -0.392 e. The van der Waals surface area contributed by atoms with Crippen LogP contribution in [0.25, 0.3) is 0 Å². The van der Waals surface area contributed by atoms with Crippen LogP contribution in [0.2, 0.25) is 0 Å². The molecule has 0 radical (unpaired) electrons. The molecule has 0 bridgehead atoms. The maximum absolute atomic E-state index is 11.4. The molecule has 70 valence electrons. The van der Waals surface area contributed by atoms with Crippen LogP contribution < -0.4 is 0 Å². The average Bonchev–Trinajstić information content (AvgIpc) is 2.23. The number of ketones is 1. The molecule has 0 aromatic carbocycles. The van der Waals surface area contributed by atoms with E-state index in [0.717, 1.165) is 12.8 Å². The fourth-order valence-corrected chi connectivity index (χ4v) is 2.11. The molecule has 1 aliphatic carbocycles. The maximum atomic E-state index is 11.4. The highest BCUT2D eigenvalue weighted by Gasteiger charge is 2.40. The summed E-state index contributed by atoms with van der Waals surface area (Å²) in [5.74, 6) is 0.123. The highest BCUT2D eigenvalue weighted by atomic mass is 16.3. The third-order valence-corrected chi connectivity index (χ3v) is 2.76. The van der Waals surface area contributed by atoms with Crippen molar-refractivity contribution in [1.82, 2.24) is 0 Å². The second kappa shape index (κ2) is 3.17. The van der Waals surface area contributed by atoms with Crippen LogP contribution in [0.3, 0.4) is 0 Å². The predicted molar refractivity (Wildman–Crippen MR) is 47.8 cm³/mol. The number of Topliss-reactive ketones (excluding diaryl/α,β-unsaturated/α-hetero) is 1. The first-order valence-corrected chi connectivity index (χ1v) is 4.67. The zero-order chi connectivity index (χ0) is 9.35. The van der Waals surface area contributed by atoms with Gasteiger partial charge in [-0.2, -0.15) is 0 Å². The van der Waals surface area contributed by atoms with Crippen LogP contribution in [0, 0.1) is 11.3 Å². The van der Waals surface area contributed by atoms with Crippen LogP contribution in [0.15, 0.2) is 0 Å². The second-order valence-corrected chi connectivity index (χ2v) is 4.57. The lowest BCUT2D eigenvalue weighted by molar-refractivity contribution is -0.125. The second-order valence-electron chi connectivity index (χ2n) is 4.57. The monoisotopic (exact) mass is 170 g/mol. The van der Waals surface area contributed by atoms with Gasteiger partial charge in [-0.15, -0.1) is 0 Å². The Morgan fingerprint density at radius 2 is 2.08 bits per heavy atom. The van der Waals surface area contributed by atoms with E-state index in [9.17, 15) is 9.90 Å². The Morgan fingerprint density at radius 1 is 1.50 bits per heavy atom. The number of aliphatic hydroxyl groups excluding tert-OH is 1. The van der Waals surface area contributed by atoms with Crippen molar-refractivity contribution in [3.63, 3.8) is 0 Å². The van der Waals surface area contributed by atoms with Gasteiger partial charge in [0, 0.05) is 12.3 Å². The van der Waals surface area contributed by atoms with E-state index in [1.165, 1.54) is 0 Å². The summed E-state index contributed by atoms with van der Waals surface area (Å²) in [5, 5.41) is 9.61. The normalized spacial score (nSPS) is 33.7. The molecule has 0 saturated heterocycles. The molecule has 0 amide bonds. The molecule has 2 heteroatoms. The van der Waals surface area contributed by atoms with Gasteiger partial charge >= 0.3 is 0 Å². The molecule has 0 aromatic heterocycles. The number of aliphatic hydroxyl groups is 1. The van der Waals surface area contributed by atoms with Crippen molar-refractivity contribution in [3.05, 3.63) is 0 Å². The summed E-state index contributed by atoms with van der Waals surface area (Å²) in [5.41, 5.74) is 0.148. The quantitative estimate of drug-likeness (QED) is 0.685. The number of carbonyl (C=O) groups excluding carboxylic acids is 1. The molecule has 0 aromatic rings. The van der Waals surface area contributed by atoms with E-state index in [4.69, 9.17) is 0 Å². The van der Waals surface area contributed by atoms with Crippen molar-refractivity contribution in [3.8, 4) is 0 Å². The van der Waals surface area contributed by atoms with E-state index in [-0.39, 0.29) is 17.1 Å². The summed E-state index contributed by atoms with van der Waals surface area (Å²) >= 11 is 0.